The van der Waals surface area contributed by atoms with Gasteiger partial charge in [-0.15, -0.1) is 12.4 Å². The molecule has 0 saturated carbocycles. The first-order valence-electron chi connectivity index (χ1n) is 15.7. The summed E-state index contributed by atoms with van der Waals surface area (Å²) in [4.78, 5) is 41.3. The van der Waals surface area contributed by atoms with Gasteiger partial charge in [-0.1, -0.05) is 101 Å². The Morgan fingerprint density at radius 3 is 2.33 bits per heavy atom. The Morgan fingerprint density at radius 1 is 0.976 bits per heavy atom. The van der Waals surface area contributed by atoms with Crippen molar-refractivity contribution in [1.82, 2.24) is 15.5 Å². The van der Waals surface area contributed by atoms with Crippen molar-refractivity contribution in [3.8, 4) is 0 Å². The van der Waals surface area contributed by atoms with Crippen LogP contribution in [0.1, 0.15) is 89.5 Å². The molecule has 234 valence electrons. The number of hydrogen-bond acceptors (Lipinski definition) is 5. The number of carbonyl (C=O) groups excluding carboxylic acids is 3. The standard InChI is InChI=1S/C33H50N4O4.ClH/c1-2-3-4-5-6-7-8-9-10-17-31(39)37-20-13-16-30(37)33(41)36-29(32(40)35-24-28(38)23-34)22-25-18-19-26-14-11-12-15-27(26)21-25;/h11-12,14-15,18-19,21,28-30,38H,2-10,13,16-17,20,22-24,34H2,1H3,(H,35,40)(H,36,41);1H/t28?,29-,30?;/m1./s1. The number of aliphatic hydroxyl groups excluding tert-OH is 1. The van der Waals surface area contributed by atoms with E-state index in [2.05, 4.69) is 17.6 Å². The fourth-order valence-electron chi connectivity index (χ4n) is 5.57. The maximum Gasteiger partial charge on any atom is 0.243 e. The van der Waals surface area contributed by atoms with Crippen LogP contribution in [0, 0.1) is 0 Å². The summed E-state index contributed by atoms with van der Waals surface area (Å²) in [6.07, 6.45) is 11.9. The number of aliphatic hydroxyl groups is 1. The lowest BCUT2D eigenvalue weighted by Gasteiger charge is -2.27. The summed E-state index contributed by atoms with van der Waals surface area (Å²) in [7, 11) is 0. The zero-order chi connectivity index (χ0) is 29.5. The smallest absolute Gasteiger partial charge is 0.243 e. The summed E-state index contributed by atoms with van der Waals surface area (Å²) in [6, 6.07) is 12.6. The fourth-order valence-corrected chi connectivity index (χ4v) is 5.57. The summed E-state index contributed by atoms with van der Waals surface area (Å²) >= 11 is 0. The van der Waals surface area contributed by atoms with Crippen LogP contribution in [-0.2, 0) is 20.8 Å². The van der Waals surface area contributed by atoms with Crippen LogP contribution in [0.25, 0.3) is 10.8 Å². The van der Waals surface area contributed by atoms with Crippen molar-refractivity contribution in [2.75, 3.05) is 19.6 Å². The summed E-state index contributed by atoms with van der Waals surface area (Å²) in [5.41, 5.74) is 6.40. The second kappa shape index (κ2) is 19.5. The number of nitrogens with one attached hydrogen (secondary N) is 2. The monoisotopic (exact) mass is 602 g/mol. The highest BCUT2D eigenvalue weighted by atomic mass is 35.5. The first kappa shape index (κ1) is 35.5. The number of carbonyl (C=O) groups is 3. The Morgan fingerprint density at radius 2 is 1.64 bits per heavy atom. The number of unbranched alkanes of at least 4 members (excludes halogenated alkanes) is 8. The third-order valence-corrected chi connectivity index (χ3v) is 8.04. The van der Waals surface area contributed by atoms with Gasteiger partial charge in [-0.2, -0.15) is 0 Å². The van der Waals surface area contributed by atoms with Gasteiger partial charge in [-0.25, -0.2) is 0 Å². The lowest BCUT2D eigenvalue weighted by Crippen LogP contribution is -2.54. The maximum atomic E-state index is 13.4. The van der Waals surface area contributed by atoms with E-state index in [4.69, 9.17) is 5.73 Å². The van der Waals surface area contributed by atoms with E-state index in [1.54, 1.807) is 4.90 Å². The Bertz CT molecular complexity index is 1110. The Balaban J connectivity index is 0.00000616. The number of fused-ring (bicyclic) bond motifs is 1. The van der Waals surface area contributed by atoms with E-state index in [0.29, 0.717) is 25.8 Å². The SMILES string of the molecule is CCCCCCCCCCCC(=O)N1CCCC1C(=O)N[C@H](Cc1ccc2ccccc2c1)C(=O)NCC(O)CN.Cl. The van der Waals surface area contributed by atoms with Crippen molar-refractivity contribution < 1.29 is 19.5 Å². The van der Waals surface area contributed by atoms with Gasteiger partial charge in [-0.3, -0.25) is 14.4 Å². The topological polar surface area (TPSA) is 125 Å². The van der Waals surface area contributed by atoms with E-state index in [1.165, 1.54) is 38.5 Å². The normalized spacial score (nSPS) is 16.1. The minimum atomic E-state index is -0.861. The molecule has 0 radical (unpaired) electrons. The number of rotatable bonds is 18. The predicted octanol–water partition coefficient (Wildman–Crippen LogP) is 4.64. The third-order valence-electron chi connectivity index (χ3n) is 8.04. The van der Waals surface area contributed by atoms with Crippen LogP contribution in [0.2, 0.25) is 0 Å². The molecule has 5 N–H and O–H groups in total. The van der Waals surface area contributed by atoms with E-state index in [0.717, 1.165) is 42.0 Å². The molecular weight excluding hydrogens is 552 g/mol. The molecule has 2 aromatic rings. The van der Waals surface area contributed by atoms with Crippen LogP contribution in [0.5, 0.6) is 0 Å². The lowest BCUT2D eigenvalue weighted by atomic mass is 10.0. The third kappa shape index (κ3) is 11.5. The molecule has 2 aromatic carbocycles. The van der Waals surface area contributed by atoms with Crippen molar-refractivity contribution in [3.05, 3.63) is 48.0 Å². The average molecular weight is 603 g/mol. The Kier molecular flexibility index (Phi) is 16.5. The van der Waals surface area contributed by atoms with Crippen LogP contribution in [-0.4, -0.2) is 65.5 Å². The van der Waals surface area contributed by atoms with Gasteiger partial charge in [0.1, 0.15) is 12.1 Å². The van der Waals surface area contributed by atoms with Gasteiger partial charge in [0, 0.05) is 32.5 Å². The maximum absolute atomic E-state index is 13.4. The van der Waals surface area contributed by atoms with Crippen LogP contribution in [0.15, 0.2) is 42.5 Å². The molecule has 1 fully saturated rings. The molecule has 3 atom stereocenters. The molecule has 8 nitrogen and oxygen atoms in total. The Hall–Kier alpha value is -2.68. The zero-order valence-corrected chi connectivity index (χ0v) is 26.0. The average Bonchev–Trinajstić information content (AvgIpc) is 3.49. The minimum absolute atomic E-state index is 0. The van der Waals surface area contributed by atoms with E-state index < -0.39 is 18.2 Å². The second-order valence-electron chi connectivity index (χ2n) is 11.4. The van der Waals surface area contributed by atoms with Crippen molar-refractivity contribution in [2.45, 2.75) is 109 Å². The summed E-state index contributed by atoms with van der Waals surface area (Å²) in [5, 5.41) is 17.6. The first-order chi connectivity index (χ1) is 19.9. The van der Waals surface area contributed by atoms with E-state index >= 15 is 0 Å². The molecule has 0 bridgehead atoms. The number of likely N-dealkylation sites (tertiary alicyclic amines) is 1. The van der Waals surface area contributed by atoms with Crippen LogP contribution in [0.3, 0.4) is 0 Å². The summed E-state index contributed by atoms with van der Waals surface area (Å²) in [6.45, 7) is 2.83. The molecule has 9 heteroatoms. The van der Waals surface area contributed by atoms with Crippen LogP contribution < -0.4 is 16.4 Å². The van der Waals surface area contributed by atoms with E-state index in [1.807, 2.05) is 42.5 Å². The van der Waals surface area contributed by atoms with Gasteiger partial charge >= 0.3 is 0 Å². The molecular formula is C33H51ClN4O4. The van der Waals surface area contributed by atoms with Gasteiger partial charge in [0.25, 0.3) is 0 Å². The van der Waals surface area contributed by atoms with Gasteiger partial charge in [0.2, 0.25) is 17.7 Å². The van der Waals surface area contributed by atoms with Crippen molar-refractivity contribution in [3.63, 3.8) is 0 Å². The molecule has 1 saturated heterocycles. The largest absolute Gasteiger partial charge is 0.390 e. The number of nitrogens with zero attached hydrogens (tertiary/aromatic N) is 1. The quantitative estimate of drug-likeness (QED) is 0.185. The molecule has 0 aromatic heterocycles. The highest BCUT2D eigenvalue weighted by Crippen LogP contribution is 2.21. The molecule has 0 aliphatic carbocycles. The molecule has 1 aliphatic heterocycles. The number of halogens is 1. The van der Waals surface area contributed by atoms with E-state index in [9.17, 15) is 19.5 Å². The summed E-state index contributed by atoms with van der Waals surface area (Å²) in [5.74, 6) is -0.667. The lowest BCUT2D eigenvalue weighted by molar-refractivity contribution is -0.139. The highest BCUT2D eigenvalue weighted by Gasteiger charge is 2.35. The highest BCUT2D eigenvalue weighted by molar-refractivity contribution is 5.93. The fraction of sp³-hybridized carbons (Fsp3) is 0.606. The van der Waals surface area contributed by atoms with Gasteiger partial charge in [-0.05, 0) is 35.6 Å². The number of hydrogen-bond donors (Lipinski definition) is 4. The van der Waals surface area contributed by atoms with Gasteiger partial charge in [0.15, 0.2) is 0 Å². The molecule has 42 heavy (non-hydrogen) atoms. The van der Waals surface area contributed by atoms with Gasteiger partial charge in [0.05, 0.1) is 6.10 Å². The number of amides is 3. The van der Waals surface area contributed by atoms with Crippen LogP contribution in [0.4, 0.5) is 0 Å². The molecule has 3 rings (SSSR count). The molecule has 2 unspecified atom stereocenters. The second-order valence-corrected chi connectivity index (χ2v) is 11.4. The van der Waals surface area contributed by atoms with E-state index in [-0.39, 0.29) is 43.2 Å². The summed E-state index contributed by atoms with van der Waals surface area (Å²) < 4.78 is 0. The Labute approximate surface area is 257 Å². The number of benzene rings is 2. The minimum Gasteiger partial charge on any atom is -0.390 e. The van der Waals surface area contributed by atoms with Crippen LogP contribution >= 0.6 is 12.4 Å². The predicted molar refractivity (Wildman–Crippen MR) is 171 cm³/mol. The van der Waals surface area contributed by atoms with Gasteiger partial charge < -0.3 is 26.4 Å². The van der Waals surface area contributed by atoms with Crippen molar-refractivity contribution in [1.29, 1.82) is 0 Å². The molecule has 3 amide bonds. The first-order valence-corrected chi connectivity index (χ1v) is 15.7. The number of nitrogens with two attached hydrogens (primary N) is 1. The molecule has 1 heterocycles. The molecule has 1 aliphatic rings. The molecule has 0 spiro atoms. The zero-order valence-electron chi connectivity index (χ0n) is 25.2. The van der Waals surface area contributed by atoms with Crippen molar-refractivity contribution >= 4 is 40.9 Å². The van der Waals surface area contributed by atoms with Crippen molar-refractivity contribution in [2.24, 2.45) is 5.73 Å².